The van der Waals surface area contributed by atoms with Crippen LogP contribution in [-0.2, 0) is 4.79 Å². The van der Waals surface area contributed by atoms with Gasteiger partial charge in [-0.05, 0) is 25.0 Å². The van der Waals surface area contributed by atoms with Crippen LogP contribution in [0.5, 0.6) is 5.75 Å². The van der Waals surface area contributed by atoms with Crippen molar-refractivity contribution in [2.45, 2.75) is 32.1 Å². The summed E-state index contributed by atoms with van der Waals surface area (Å²) in [7, 11) is 0. The van der Waals surface area contributed by atoms with Crippen LogP contribution in [0.25, 0.3) is 0 Å². The lowest BCUT2D eigenvalue weighted by atomic mass is 9.88. The standard InChI is InChI=1S/C18H24N2O3/c21-16-9-5-4-8-15(16)18(23)20-12-10-19(11-13-20)17(22)14-6-2-1-3-7-14/h4-5,8-9,14,21H,1-3,6-7,10-13H2. The Hall–Kier alpha value is -2.04. The number of aromatic hydroxyl groups is 1. The molecule has 1 aromatic rings. The average molecular weight is 316 g/mol. The normalized spacial score (nSPS) is 19.7. The second-order valence-corrected chi connectivity index (χ2v) is 6.47. The number of phenolic OH excluding ortho intramolecular Hbond substituents is 1. The van der Waals surface area contributed by atoms with Crippen molar-refractivity contribution in [2.24, 2.45) is 5.92 Å². The van der Waals surface area contributed by atoms with Gasteiger partial charge in [-0.3, -0.25) is 9.59 Å². The quantitative estimate of drug-likeness (QED) is 0.910. The molecule has 0 bridgehead atoms. The minimum atomic E-state index is -0.159. The van der Waals surface area contributed by atoms with Crippen LogP contribution in [0.3, 0.4) is 0 Å². The Labute approximate surface area is 136 Å². The molecule has 1 aromatic carbocycles. The van der Waals surface area contributed by atoms with E-state index in [4.69, 9.17) is 0 Å². The van der Waals surface area contributed by atoms with Gasteiger partial charge >= 0.3 is 0 Å². The lowest BCUT2D eigenvalue weighted by Gasteiger charge is -2.37. The van der Waals surface area contributed by atoms with E-state index in [0.29, 0.717) is 31.7 Å². The zero-order valence-corrected chi connectivity index (χ0v) is 13.4. The Morgan fingerprint density at radius 3 is 2.17 bits per heavy atom. The van der Waals surface area contributed by atoms with E-state index in [1.807, 2.05) is 4.90 Å². The summed E-state index contributed by atoms with van der Waals surface area (Å²) in [6.07, 6.45) is 5.57. The number of nitrogens with zero attached hydrogens (tertiary/aromatic N) is 2. The molecular weight excluding hydrogens is 292 g/mol. The number of carbonyl (C=O) groups excluding carboxylic acids is 2. The summed E-state index contributed by atoms with van der Waals surface area (Å²) in [5.74, 6) is 0.301. The van der Waals surface area contributed by atoms with Crippen LogP contribution in [0.15, 0.2) is 24.3 Å². The van der Waals surface area contributed by atoms with Gasteiger partial charge in [0, 0.05) is 32.1 Å². The van der Waals surface area contributed by atoms with E-state index in [1.165, 1.54) is 12.5 Å². The van der Waals surface area contributed by atoms with Crippen molar-refractivity contribution in [2.75, 3.05) is 26.2 Å². The maximum absolute atomic E-state index is 12.5. The van der Waals surface area contributed by atoms with Crippen molar-refractivity contribution in [3.63, 3.8) is 0 Å². The molecule has 2 fully saturated rings. The molecule has 0 spiro atoms. The van der Waals surface area contributed by atoms with Crippen LogP contribution in [0.2, 0.25) is 0 Å². The van der Waals surface area contributed by atoms with Crippen LogP contribution in [0.4, 0.5) is 0 Å². The molecule has 2 amide bonds. The van der Waals surface area contributed by atoms with Crippen molar-refractivity contribution in [1.82, 2.24) is 9.80 Å². The van der Waals surface area contributed by atoms with Crippen LogP contribution in [0.1, 0.15) is 42.5 Å². The number of rotatable bonds is 2. The summed E-state index contributed by atoms with van der Waals surface area (Å²) in [5.41, 5.74) is 0.333. The first-order chi connectivity index (χ1) is 11.2. The number of amides is 2. The lowest BCUT2D eigenvalue weighted by Crippen LogP contribution is -2.52. The number of carbonyl (C=O) groups is 2. The Balaban J connectivity index is 1.57. The van der Waals surface area contributed by atoms with Gasteiger partial charge in [-0.25, -0.2) is 0 Å². The summed E-state index contributed by atoms with van der Waals surface area (Å²) < 4.78 is 0. The van der Waals surface area contributed by atoms with Crippen molar-refractivity contribution in [1.29, 1.82) is 0 Å². The van der Waals surface area contributed by atoms with Gasteiger partial charge in [-0.2, -0.15) is 0 Å². The van der Waals surface area contributed by atoms with Gasteiger partial charge in [-0.1, -0.05) is 31.4 Å². The van der Waals surface area contributed by atoms with Crippen molar-refractivity contribution in [3.05, 3.63) is 29.8 Å². The maximum Gasteiger partial charge on any atom is 0.257 e. The predicted octanol–water partition coefficient (Wildman–Crippen LogP) is 2.26. The maximum atomic E-state index is 12.5. The Kier molecular flexibility index (Phi) is 4.84. The van der Waals surface area contributed by atoms with Gasteiger partial charge in [0.15, 0.2) is 0 Å². The van der Waals surface area contributed by atoms with E-state index in [-0.39, 0.29) is 23.5 Å². The van der Waals surface area contributed by atoms with Crippen LogP contribution in [0, 0.1) is 5.92 Å². The molecule has 5 nitrogen and oxygen atoms in total. The molecule has 2 aliphatic rings. The molecule has 0 radical (unpaired) electrons. The van der Waals surface area contributed by atoms with Crippen molar-refractivity contribution < 1.29 is 14.7 Å². The molecule has 23 heavy (non-hydrogen) atoms. The fourth-order valence-electron chi connectivity index (χ4n) is 3.56. The zero-order chi connectivity index (χ0) is 16.2. The molecule has 0 unspecified atom stereocenters. The number of benzene rings is 1. The van der Waals surface area contributed by atoms with Crippen molar-refractivity contribution in [3.8, 4) is 5.75 Å². The zero-order valence-electron chi connectivity index (χ0n) is 13.4. The van der Waals surface area contributed by atoms with E-state index < -0.39 is 0 Å². The summed E-state index contributed by atoms with van der Waals surface area (Å²) in [4.78, 5) is 28.6. The number of hydrogen-bond acceptors (Lipinski definition) is 3. The van der Waals surface area contributed by atoms with E-state index in [9.17, 15) is 14.7 Å². The average Bonchev–Trinajstić information content (AvgIpc) is 2.62. The highest BCUT2D eigenvalue weighted by molar-refractivity contribution is 5.97. The second-order valence-electron chi connectivity index (χ2n) is 6.47. The largest absolute Gasteiger partial charge is 0.507 e. The number of phenols is 1. The highest BCUT2D eigenvalue weighted by Gasteiger charge is 2.30. The molecule has 0 atom stereocenters. The highest BCUT2D eigenvalue weighted by Crippen LogP contribution is 2.26. The van der Waals surface area contributed by atoms with Gasteiger partial charge < -0.3 is 14.9 Å². The smallest absolute Gasteiger partial charge is 0.257 e. The molecule has 124 valence electrons. The van der Waals surface area contributed by atoms with Gasteiger partial charge in [0.05, 0.1) is 5.56 Å². The van der Waals surface area contributed by atoms with E-state index in [0.717, 1.165) is 25.7 Å². The molecule has 1 saturated heterocycles. The topological polar surface area (TPSA) is 60.9 Å². The minimum absolute atomic E-state index is 0.0122. The molecule has 1 aliphatic carbocycles. The van der Waals surface area contributed by atoms with Crippen molar-refractivity contribution >= 4 is 11.8 Å². The Morgan fingerprint density at radius 2 is 1.52 bits per heavy atom. The fourth-order valence-corrected chi connectivity index (χ4v) is 3.56. The lowest BCUT2D eigenvalue weighted by molar-refractivity contribution is -0.138. The summed E-state index contributed by atoms with van der Waals surface area (Å²) in [6.45, 7) is 2.25. The number of hydrogen-bond donors (Lipinski definition) is 1. The highest BCUT2D eigenvalue weighted by atomic mass is 16.3. The predicted molar refractivity (Wildman–Crippen MR) is 87.2 cm³/mol. The minimum Gasteiger partial charge on any atom is -0.507 e. The molecule has 1 N–H and O–H groups in total. The van der Waals surface area contributed by atoms with Gasteiger partial charge in [0.2, 0.25) is 5.91 Å². The number of piperazine rings is 1. The molecule has 1 heterocycles. The van der Waals surface area contributed by atoms with E-state index >= 15 is 0 Å². The first-order valence-electron chi connectivity index (χ1n) is 8.53. The van der Waals surface area contributed by atoms with Crippen LogP contribution in [-0.4, -0.2) is 52.9 Å². The van der Waals surface area contributed by atoms with E-state index in [2.05, 4.69) is 0 Å². The third kappa shape index (κ3) is 3.49. The van der Waals surface area contributed by atoms with Crippen LogP contribution >= 0.6 is 0 Å². The molecular formula is C18H24N2O3. The third-order valence-electron chi connectivity index (χ3n) is 4.97. The molecule has 3 rings (SSSR count). The summed E-state index contributed by atoms with van der Waals surface area (Å²) >= 11 is 0. The Morgan fingerprint density at radius 1 is 0.913 bits per heavy atom. The molecule has 1 aliphatic heterocycles. The number of para-hydroxylation sites is 1. The Bertz CT molecular complexity index is 573. The van der Waals surface area contributed by atoms with Gasteiger partial charge in [0.1, 0.15) is 5.75 Å². The monoisotopic (exact) mass is 316 g/mol. The SMILES string of the molecule is O=C(c1ccccc1O)N1CCN(C(=O)C2CCCCC2)CC1. The summed E-state index contributed by atoms with van der Waals surface area (Å²) in [5, 5.41) is 9.81. The van der Waals surface area contributed by atoms with Gasteiger partial charge in [0.25, 0.3) is 5.91 Å². The third-order valence-corrected chi connectivity index (χ3v) is 4.97. The fraction of sp³-hybridized carbons (Fsp3) is 0.556. The van der Waals surface area contributed by atoms with Gasteiger partial charge in [-0.15, -0.1) is 0 Å². The first kappa shape index (κ1) is 15.8. The molecule has 1 saturated carbocycles. The van der Waals surface area contributed by atoms with E-state index in [1.54, 1.807) is 23.1 Å². The first-order valence-corrected chi connectivity index (χ1v) is 8.53. The molecule has 5 heteroatoms. The van der Waals surface area contributed by atoms with Crippen LogP contribution < -0.4 is 0 Å². The second kappa shape index (κ2) is 7.02. The summed E-state index contributed by atoms with van der Waals surface area (Å²) in [6, 6.07) is 6.61. The molecule has 0 aromatic heterocycles.